The van der Waals surface area contributed by atoms with E-state index >= 15 is 0 Å². The van der Waals surface area contributed by atoms with E-state index in [1.54, 1.807) is 24.1 Å². The lowest BCUT2D eigenvalue weighted by molar-refractivity contribution is -0.141. The van der Waals surface area contributed by atoms with Crippen LogP contribution in [0.25, 0.3) is 0 Å². The van der Waals surface area contributed by atoms with Crippen LogP contribution in [0.5, 0.6) is 5.75 Å². The first-order valence-electron chi connectivity index (χ1n) is 11.5. The van der Waals surface area contributed by atoms with Crippen molar-refractivity contribution in [1.29, 1.82) is 0 Å². The summed E-state index contributed by atoms with van der Waals surface area (Å²) in [6.45, 7) is 4.02. The smallest absolute Gasteiger partial charge is 0.243 e. The molecule has 184 valence electrons. The van der Waals surface area contributed by atoms with Crippen molar-refractivity contribution >= 4 is 35.0 Å². The number of ether oxygens (including phenoxy) is 1. The van der Waals surface area contributed by atoms with E-state index < -0.39 is 6.04 Å². The number of nitrogens with one attached hydrogen (secondary N) is 1. The third-order valence-corrected chi connectivity index (χ3v) is 6.29. The molecule has 0 aliphatic rings. The molecule has 0 aliphatic carbocycles. The molecular weight excluding hydrogens is 483 g/mol. The summed E-state index contributed by atoms with van der Waals surface area (Å²) in [7, 11) is 1.60. The molecule has 0 saturated carbocycles. The molecule has 0 fully saturated rings. The van der Waals surface area contributed by atoms with Crippen molar-refractivity contribution in [3.63, 3.8) is 0 Å². The molecule has 0 bridgehead atoms. The molecule has 3 aromatic carbocycles. The molecule has 0 saturated heterocycles. The van der Waals surface area contributed by atoms with Gasteiger partial charge in [0.1, 0.15) is 11.8 Å². The average molecular weight is 513 g/mol. The van der Waals surface area contributed by atoms with Crippen molar-refractivity contribution in [1.82, 2.24) is 10.2 Å². The monoisotopic (exact) mass is 512 g/mol. The van der Waals surface area contributed by atoms with Crippen LogP contribution in [0.2, 0.25) is 10.0 Å². The molecule has 3 rings (SSSR count). The van der Waals surface area contributed by atoms with E-state index in [4.69, 9.17) is 27.9 Å². The van der Waals surface area contributed by atoms with Crippen LogP contribution >= 0.6 is 23.2 Å². The first-order valence-corrected chi connectivity index (χ1v) is 12.2. The lowest BCUT2D eigenvalue weighted by Crippen LogP contribution is -2.52. The maximum atomic E-state index is 13.7. The van der Waals surface area contributed by atoms with Crippen molar-refractivity contribution in [3.05, 3.63) is 99.5 Å². The molecule has 1 N–H and O–H groups in total. The van der Waals surface area contributed by atoms with E-state index in [2.05, 4.69) is 5.32 Å². The SMILES string of the molecule is COc1ccc(CC(=O)N(Cc2ccc(Cl)c(Cl)c2)[C@H](Cc2ccccc2)C(=O)NC(C)C)cc1. The topological polar surface area (TPSA) is 58.6 Å². The van der Waals surface area contributed by atoms with E-state index in [0.717, 1.165) is 16.7 Å². The van der Waals surface area contributed by atoms with Gasteiger partial charge in [0.05, 0.1) is 23.6 Å². The van der Waals surface area contributed by atoms with Crippen molar-refractivity contribution in [2.24, 2.45) is 0 Å². The summed E-state index contributed by atoms with van der Waals surface area (Å²) in [5.74, 6) is 0.347. The van der Waals surface area contributed by atoms with Gasteiger partial charge in [0.15, 0.2) is 0 Å². The minimum absolute atomic E-state index is 0.0655. The van der Waals surface area contributed by atoms with E-state index in [1.807, 2.05) is 74.5 Å². The highest BCUT2D eigenvalue weighted by atomic mass is 35.5. The van der Waals surface area contributed by atoms with Crippen molar-refractivity contribution < 1.29 is 14.3 Å². The highest BCUT2D eigenvalue weighted by molar-refractivity contribution is 6.42. The van der Waals surface area contributed by atoms with Crippen molar-refractivity contribution in [2.45, 2.75) is 45.3 Å². The van der Waals surface area contributed by atoms with E-state index in [0.29, 0.717) is 22.2 Å². The van der Waals surface area contributed by atoms with Crippen LogP contribution in [0.3, 0.4) is 0 Å². The number of benzene rings is 3. The number of hydrogen-bond donors (Lipinski definition) is 1. The van der Waals surface area contributed by atoms with E-state index in [1.165, 1.54) is 0 Å². The van der Waals surface area contributed by atoms with Crippen molar-refractivity contribution in [3.8, 4) is 5.75 Å². The number of hydrogen-bond acceptors (Lipinski definition) is 3. The normalized spacial score (nSPS) is 11.7. The number of amides is 2. The molecule has 0 aromatic heterocycles. The Morgan fingerprint density at radius 2 is 1.54 bits per heavy atom. The molecule has 0 radical (unpaired) electrons. The zero-order valence-corrected chi connectivity index (χ0v) is 21.6. The van der Waals surface area contributed by atoms with Crippen LogP contribution < -0.4 is 10.1 Å². The van der Waals surface area contributed by atoms with Crippen LogP contribution in [-0.4, -0.2) is 35.9 Å². The summed E-state index contributed by atoms with van der Waals surface area (Å²) in [6.07, 6.45) is 0.528. The Bertz CT molecular complexity index is 1130. The average Bonchev–Trinajstić information content (AvgIpc) is 2.84. The van der Waals surface area contributed by atoms with Crippen LogP contribution in [0.15, 0.2) is 72.8 Å². The summed E-state index contributed by atoms with van der Waals surface area (Å²) in [4.78, 5) is 28.7. The highest BCUT2D eigenvalue weighted by Gasteiger charge is 2.30. The fourth-order valence-corrected chi connectivity index (χ4v) is 4.11. The zero-order valence-electron chi connectivity index (χ0n) is 20.1. The lowest BCUT2D eigenvalue weighted by atomic mass is 10.0. The Hall–Kier alpha value is -3.02. The highest BCUT2D eigenvalue weighted by Crippen LogP contribution is 2.25. The maximum absolute atomic E-state index is 13.7. The van der Waals surface area contributed by atoms with E-state index in [9.17, 15) is 9.59 Å². The Morgan fingerprint density at radius 3 is 2.14 bits per heavy atom. The molecule has 0 aliphatic heterocycles. The first kappa shape index (κ1) is 26.6. The molecule has 35 heavy (non-hydrogen) atoms. The number of carbonyl (C=O) groups is 2. The van der Waals surface area contributed by atoms with Gasteiger partial charge in [-0.15, -0.1) is 0 Å². The zero-order chi connectivity index (χ0) is 25.4. The Morgan fingerprint density at radius 1 is 0.886 bits per heavy atom. The minimum Gasteiger partial charge on any atom is -0.497 e. The first-order chi connectivity index (χ1) is 16.8. The maximum Gasteiger partial charge on any atom is 0.243 e. The largest absolute Gasteiger partial charge is 0.497 e. The number of nitrogens with zero attached hydrogens (tertiary/aromatic N) is 1. The molecule has 7 heteroatoms. The molecule has 2 amide bonds. The fourth-order valence-electron chi connectivity index (χ4n) is 3.79. The summed E-state index contributed by atoms with van der Waals surface area (Å²) >= 11 is 12.4. The third kappa shape index (κ3) is 7.74. The van der Waals surface area contributed by atoms with E-state index in [-0.39, 0.29) is 30.8 Å². The molecule has 5 nitrogen and oxygen atoms in total. The Kier molecular flexibility index (Phi) is 9.58. The standard InChI is InChI=1S/C28H30Cl2N2O3/c1-19(2)31-28(34)26(16-20-7-5-4-6-8-20)32(18-22-11-14-24(29)25(30)15-22)27(33)17-21-9-12-23(35-3)13-10-21/h4-15,19,26H,16-18H2,1-3H3,(H,31,34)/t26-/m1/s1. The quantitative estimate of drug-likeness (QED) is 0.378. The number of halogens is 2. The van der Waals surface area contributed by atoms with Gasteiger partial charge in [-0.05, 0) is 54.8 Å². The number of rotatable bonds is 10. The van der Waals surface area contributed by atoms with Crippen LogP contribution in [0.1, 0.15) is 30.5 Å². The summed E-state index contributed by atoms with van der Waals surface area (Å²) in [5, 5.41) is 3.82. The van der Waals surface area contributed by atoms with Crippen LogP contribution in [0.4, 0.5) is 0 Å². The molecule has 0 spiro atoms. The second kappa shape index (κ2) is 12.6. The fraction of sp³-hybridized carbons (Fsp3) is 0.286. The molecule has 1 atom stereocenters. The second-order valence-electron chi connectivity index (χ2n) is 8.66. The van der Waals surface area contributed by atoms with Crippen LogP contribution in [0, 0.1) is 0 Å². The summed E-state index contributed by atoms with van der Waals surface area (Å²) in [5.41, 5.74) is 2.59. The third-order valence-electron chi connectivity index (χ3n) is 5.55. The van der Waals surface area contributed by atoms with Gasteiger partial charge in [0.25, 0.3) is 0 Å². The molecular formula is C28H30Cl2N2O3. The van der Waals surface area contributed by atoms with Gasteiger partial charge >= 0.3 is 0 Å². The van der Waals surface area contributed by atoms with Gasteiger partial charge in [0, 0.05) is 19.0 Å². The minimum atomic E-state index is -0.708. The molecule has 0 unspecified atom stereocenters. The van der Waals surface area contributed by atoms with Gasteiger partial charge < -0.3 is 15.0 Å². The molecule has 3 aromatic rings. The number of methoxy groups -OCH3 is 1. The van der Waals surface area contributed by atoms with Gasteiger partial charge in [0.2, 0.25) is 11.8 Å². The van der Waals surface area contributed by atoms with Gasteiger partial charge in [-0.3, -0.25) is 9.59 Å². The summed E-state index contributed by atoms with van der Waals surface area (Å²) in [6, 6.07) is 21.5. The van der Waals surface area contributed by atoms with Gasteiger partial charge in [-0.2, -0.15) is 0 Å². The second-order valence-corrected chi connectivity index (χ2v) is 9.48. The Labute approximate surface area is 217 Å². The predicted molar refractivity (Wildman–Crippen MR) is 141 cm³/mol. The Balaban J connectivity index is 1.97. The van der Waals surface area contributed by atoms with Gasteiger partial charge in [-0.1, -0.05) is 71.7 Å². The van der Waals surface area contributed by atoms with Crippen LogP contribution in [-0.2, 0) is 29.0 Å². The van der Waals surface area contributed by atoms with Gasteiger partial charge in [-0.25, -0.2) is 0 Å². The predicted octanol–water partition coefficient (Wildman–Crippen LogP) is 5.71. The number of carbonyl (C=O) groups excluding carboxylic acids is 2. The lowest BCUT2D eigenvalue weighted by Gasteiger charge is -2.32. The molecule has 0 heterocycles. The van der Waals surface area contributed by atoms with Crippen molar-refractivity contribution in [2.75, 3.05) is 7.11 Å². The summed E-state index contributed by atoms with van der Waals surface area (Å²) < 4.78 is 5.22.